The summed E-state index contributed by atoms with van der Waals surface area (Å²) in [6.45, 7) is 2.26. The third kappa shape index (κ3) is 1.84. The average Bonchev–Trinajstić information content (AvgIpc) is 3.03. The highest BCUT2D eigenvalue weighted by molar-refractivity contribution is 6.31. The quantitative estimate of drug-likeness (QED) is 0.669. The molecule has 0 saturated heterocycles. The number of H-pyrrole nitrogens is 1. The molecule has 2 aliphatic carbocycles. The van der Waals surface area contributed by atoms with Gasteiger partial charge in [0.05, 0.1) is 12.5 Å². The number of ether oxygens (including phenoxy) is 1. The summed E-state index contributed by atoms with van der Waals surface area (Å²) in [6, 6.07) is 5.80. The molecule has 3 atom stereocenters. The van der Waals surface area contributed by atoms with Gasteiger partial charge in [-0.15, -0.1) is 0 Å². The Hall–Kier alpha value is -1.74. The maximum atomic E-state index is 12.5. The van der Waals surface area contributed by atoms with E-state index in [9.17, 15) is 4.79 Å². The number of hydrogen-bond donors (Lipinski definition) is 1. The van der Waals surface area contributed by atoms with E-state index in [1.165, 1.54) is 0 Å². The summed E-state index contributed by atoms with van der Waals surface area (Å²) in [4.78, 5) is 16.0. The minimum atomic E-state index is -0.220. The molecule has 0 unspecified atom stereocenters. The lowest BCUT2D eigenvalue weighted by Crippen LogP contribution is -2.26. The van der Waals surface area contributed by atoms with Crippen LogP contribution in [-0.4, -0.2) is 17.6 Å². The van der Waals surface area contributed by atoms with Gasteiger partial charge in [-0.1, -0.05) is 23.8 Å². The highest BCUT2D eigenvalue weighted by atomic mass is 35.5. The summed E-state index contributed by atoms with van der Waals surface area (Å²) in [6.07, 6.45) is 5.35. The number of fused-ring (bicyclic) bond motifs is 6. The Kier molecular flexibility index (Phi) is 2.86. The number of aromatic nitrogens is 1. The van der Waals surface area contributed by atoms with Crippen molar-refractivity contribution >= 4 is 28.5 Å². The van der Waals surface area contributed by atoms with Gasteiger partial charge in [0, 0.05) is 27.5 Å². The lowest BCUT2D eigenvalue weighted by atomic mass is 9.76. The highest BCUT2D eigenvalue weighted by Gasteiger charge is 2.43. The van der Waals surface area contributed by atoms with Crippen LogP contribution in [0, 0.1) is 5.92 Å². The van der Waals surface area contributed by atoms with Crippen LogP contribution in [0.5, 0.6) is 0 Å². The second-order valence-corrected chi connectivity index (χ2v) is 6.20. The molecule has 1 heterocycles. The first-order valence-electron chi connectivity index (χ1n) is 7.35. The number of benzene rings is 1. The Bertz CT molecular complexity index is 761. The molecule has 108 valence electrons. The number of nitrogens with one attached hydrogen (secondary N) is 1. The summed E-state index contributed by atoms with van der Waals surface area (Å²) in [5.41, 5.74) is 3.27. The first kappa shape index (κ1) is 13.0. The summed E-state index contributed by atoms with van der Waals surface area (Å²) < 4.78 is 5.32. The third-order valence-electron chi connectivity index (χ3n) is 4.60. The smallest absolute Gasteiger partial charge is 0.314 e. The number of hydrogen-bond acceptors (Lipinski definition) is 2. The molecule has 1 N–H and O–H groups in total. The number of halogens is 1. The van der Waals surface area contributed by atoms with E-state index in [4.69, 9.17) is 16.3 Å². The van der Waals surface area contributed by atoms with E-state index in [-0.39, 0.29) is 17.8 Å². The molecule has 0 radical (unpaired) electrons. The zero-order chi connectivity index (χ0) is 14.6. The van der Waals surface area contributed by atoms with Crippen molar-refractivity contribution in [1.29, 1.82) is 0 Å². The SMILES string of the molecule is CCOC(=O)[C@@H]1c2c([nH]c3ccc(Cl)cc23)[C@H]2C=C[C@@H]1C2. The topological polar surface area (TPSA) is 42.1 Å². The van der Waals surface area contributed by atoms with Crippen molar-refractivity contribution in [3.8, 4) is 0 Å². The van der Waals surface area contributed by atoms with Gasteiger partial charge in [-0.05, 0) is 43.0 Å². The van der Waals surface area contributed by atoms with Crippen molar-refractivity contribution in [2.75, 3.05) is 6.61 Å². The second kappa shape index (κ2) is 4.63. The summed E-state index contributed by atoms with van der Waals surface area (Å²) in [5, 5.41) is 1.74. The number of carbonyl (C=O) groups is 1. The van der Waals surface area contributed by atoms with Crippen LogP contribution in [0.2, 0.25) is 5.02 Å². The normalized spacial score (nSPS) is 26.1. The fourth-order valence-corrected chi connectivity index (χ4v) is 3.93. The number of allylic oxidation sites excluding steroid dienone is 2. The molecule has 4 rings (SSSR count). The van der Waals surface area contributed by atoms with E-state index in [0.717, 1.165) is 28.6 Å². The van der Waals surface area contributed by atoms with E-state index in [1.54, 1.807) is 0 Å². The molecule has 0 spiro atoms. The summed E-state index contributed by atoms with van der Waals surface area (Å²) >= 11 is 6.15. The van der Waals surface area contributed by atoms with Gasteiger partial charge >= 0.3 is 5.97 Å². The Morgan fingerprint density at radius 3 is 3.10 bits per heavy atom. The van der Waals surface area contributed by atoms with E-state index >= 15 is 0 Å². The Morgan fingerprint density at radius 2 is 2.29 bits per heavy atom. The Labute approximate surface area is 127 Å². The largest absolute Gasteiger partial charge is 0.466 e. The van der Waals surface area contributed by atoms with Gasteiger partial charge in [0.25, 0.3) is 0 Å². The van der Waals surface area contributed by atoms with Crippen molar-refractivity contribution in [1.82, 2.24) is 4.98 Å². The molecule has 2 aromatic rings. The van der Waals surface area contributed by atoms with Crippen molar-refractivity contribution in [3.05, 3.63) is 46.6 Å². The molecule has 0 fully saturated rings. The fourth-order valence-electron chi connectivity index (χ4n) is 3.76. The molecular weight excluding hydrogens is 286 g/mol. The van der Waals surface area contributed by atoms with Crippen LogP contribution in [0.1, 0.15) is 36.4 Å². The minimum absolute atomic E-state index is 0.130. The zero-order valence-electron chi connectivity index (χ0n) is 11.7. The fraction of sp³-hybridized carbons (Fsp3) is 0.353. The Balaban J connectivity index is 1.95. The second-order valence-electron chi connectivity index (χ2n) is 5.76. The van der Waals surface area contributed by atoms with Gasteiger partial charge in [0.2, 0.25) is 0 Å². The van der Waals surface area contributed by atoms with E-state index in [0.29, 0.717) is 17.5 Å². The van der Waals surface area contributed by atoms with E-state index in [1.807, 2.05) is 25.1 Å². The predicted molar refractivity (Wildman–Crippen MR) is 82.7 cm³/mol. The maximum Gasteiger partial charge on any atom is 0.314 e. The first-order valence-corrected chi connectivity index (χ1v) is 7.72. The molecule has 0 aliphatic heterocycles. The molecule has 0 saturated carbocycles. The van der Waals surface area contributed by atoms with Gasteiger partial charge < -0.3 is 9.72 Å². The summed E-state index contributed by atoms with van der Waals surface area (Å²) in [7, 11) is 0. The molecule has 0 amide bonds. The van der Waals surface area contributed by atoms with Gasteiger partial charge in [-0.25, -0.2) is 0 Å². The van der Waals surface area contributed by atoms with Crippen LogP contribution in [0.4, 0.5) is 0 Å². The van der Waals surface area contributed by atoms with E-state index in [2.05, 4.69) is 17.1 Å². The van der Waals surface area contributed by atoms with Gasteiger partial charge in [-0.3, -0.25) is 4.79 Å². The lowest BCUT2D eigenvalue weighted by Gasteiger charge is -2.28. The van der Waals surface area contributed by atoms with Crippen LogP contribution in [0.15, 0.2) is 30.4 Å². The van der Waals surface area contributed by atoms with Crippen molar-refractivity contribution in [3.63, 3.8) is 0 Å². The van der Waals surface area contributed by atoms with Crippen molar-refractivity contribution in [2.45, 2.75) is 25.2 Å². The van der Waals surface area contributed by atoms with Crippen LogP contribution < -0.4 is 0 Å². The molecule has 4 heteroatoms. The van der Waals surface area contributed by atoms with Gasteiger partial charge in [-0.2, -0.15) is 0 Å². The van der Waals surface area contributed by atoms with Crippen molar-refractivity contribution in [2.24, 2.45) is 5.92 Å². The highest BCUT2D eigenvalue weighted by Crippen LogP contribution is 2.51. The predicted octanol–water partition coefficient (Wildman–Crippen LogP) is 4.14. The molecule has 2 aliphatic rings. The number of rotatable bonds is 2. The standard InChI is InChI=1S/C17H16ClNO2/c1-2-21-17(20)14-9-3-4-10(7-9)16-15(14)12-8-11(18)5-6-13(12)19-16/h3-6,8-10,14,19H,2,7H2,1H3/t9-,10+,14+/m1/s1. The maximum absolute atomic E-state index is 12.5. The van der Waals surface area contributed by atoms with E-state index < -0.39 is 0 Å². The Morgan fingerprint density at radius 1 is 1.43 bits per heavy atom. The minimum Gasteiger partial charge on any atom is -0.466 e. The molecule has 2 bridgehead atoms. The van der Waals surface area contributed by atoms with Crippen LogP contribution in [0.3, 0.4) is 0 Å². The summed E-state index contributed by atoms with van der Waals surface area (Å²) in [5.74, 6) is 0.262. The number of carbonyl (C=O) groups excluding carboxylic acids is 1. The average molecular weight is 302 g/mol. The van der Waals surface area contributed by atoms with Crippen LogP contribution in [0.25, 0.3) is 10.9 Å². The molecule has 3 nitrogen and oxygen atoms in total. The molecule has 1 aromatic carbocycles. The molecule has 1 aromatic heterocycles. The van der Waals surface area contributed by atoms with Crippen LogP contribution >= 0.6 is 11.6 Å². The first-order chi connectivity index (χ1) is 10.2. The van der Waals surface area contributed by atoms with Gasteiger partial charge in [0.1, 0.15) is 0 Å². The van der Waals surface area contributed by atoms with Crippen LogP contribution in [-0.2, 0) is 9.53 Å². The van der Waals surface area contributed by atoms with Crippen molar-refractivity contribution < 1.29 is 9.53 Å². The van der Waals surface area contributed by atoms with Gasteiger partial charge in [0.15, 0.2) is 0 Å². The lowest BCUT2D eigenvalue weighted by molar-refractivity contribution is -0.146. The zero-order valence-corrected chi connectivity index (χ0v) is 12.5. The monoisotopic (exact) mass is 301 g/mol. The number of aromatic amines is 1. The molecular formula is C17H16ClNO2. The molecule has 21 heavy (non-hydrogen) atoms. The number of esters is 1. The third-order valence-corrected chi connectivity index (χ3v) is 4.83.